The van der Waals surface area contributed by atoms with Gasteiger partial charge in [-0.25, -0.2) is 4.98 Å². The standard InChI is InChI=1S/C15H21N3O3/c1-17-14(11-18(8-10-20)7-4-9-19)16-13-6-3-2-5-12(13)15(17)21/h2-3,5-6,19-20H,4,7-11H2,1H3. The number of aliphatic hydroxyl groups is 2. The third-order valence-electron chi connectivity index (χ3n) is 3.49. The molecule has 0 atom stereocenters. The highest BCUT2D eigenvalue weighted by Crippen LogP contribution is 2.09. The van der Waals surface area contributed by atoms with E-state index in [1.807, 2.05) is 23.1 Å². The average molecular weight is 291 g/mol. The molecule has 0 fully saturated rings. The molecule has 1 heterocycles. The Morgan fingerprint density at radius 1 is 1.19 bits per heavy atom. The molecule has 0 saturated carbocycles. The van der Waals surface area contributed by atoms with Crippen LogP contribution in [-0.2, 0) is 13.6 Å². The van der Waals surface area contributed by atoms with Gasteiger partial charge in [0.1, 0.15) is 5.82 Å². The number of para-hydroxylation sites is 1. The molecule has 114 valence electrons. The van der Waals surface area contributed by atoms with E-state index in [-0.39, 0.29) is 18.8 Å². The smallest absolute Gasteiger partial charge is 0.261 e. The first-order valence-electron chi connectivity index (χ1n) is 7.06. The highest BCUT2D eigenvalue weighted by molar-refractivity contribution is 5.77. The number of benzene rings is 1. The van der Waals surface area contributed by atoms with Gasteiger partial charge in [0.05, 0.1) is 24.1 Å². The molecule has 0 spiro atoms. The number of aliphatic hydroxyl groups excluding tert-OH is 2. The summed E-state index contributed by atoms with van der Waals surface area (Å²) in [6.45, 7) is 1.75. The first-order chi connectivity index (χ1) is 10.2. The third kappa shape index (κ3) is 3.66. The van der Waals surface area contributed by atoms with E-state index in [9.17, 15) is 4.79 Å². The highest BCUT2D eigenvalue weighted by atomic mass is 16.3. The van der Waals surface area contributed by atoms with Crippen LogP contribution < -0.4 is 5.56 Å². The quantitative estimate of drug-likeness (QED) is 0.757. The lowest BCUT2D eigenvalue weighted by atomic mass is 10.2. The van der Waals surface area contributed by atoms with E-state index in [1.165, 1.54) is 0 Å². The summed E-state index contributed by atoms with van der Waals surface area (Å²) in [7, 11) is 1.71. The topological polar surface area (TPSA) is 78.6 Å². The normalized spacial score (nSPS) is 11.4. The number of fused-ring (bicyclic) bond motifs is 1. The number of hydrogen-bond acceptors (Lipinski definition) is 5. The van der Waals surface area contributed by atoms with E-state index in [0.29, 0.717) is 42.8 Å². The minimum absolute atomic E-state index is 0.0347. The molecule has 0 aliphatic heterocycles. The van der Waals surface area contributed by atoms with Gasteiger partial charge in [-0.2, -0.15) is 0 Å². The van der Waals surface area contributed by atoms with Crippen LogP contribution in [0.3, 0.4) is 0 Å². The minimum atomic E-state index is -0.0679. The monoisotopic (exact) mass is 291 g/mol. The molecule has 0 amide bonds. The van der Waals surface area contributed by atoms with Gasteiger partial charge in [-0.3, -0.25) is 14.3 Å². The van der Waals surface area contributed by atoms with Crippen LogP contribution in [0.15, 0.2) is 29.1 Å². The summed E-state index contributed by atoms with van der Waals surface area (Å²) in [5.41, 5.74) is 0.614. The van der Waals surface area contributed by atoms with Crippen molar-refractivity contribution >= 4 is 10.9 Å². The van der Waals surface area contributed by atoms with E-state index >= 15 is 0 Å². The molecule has 2 aromatic rings. The molecule has 2 rings (SSSR count). The SMILES string of the molecule is Cn1c(CN(CCO)CCCO)nc2ccccc2c1=O. The van der Waals surface area contributed by atoms with Crippen LogP contribution in [0.2, 0.25) is 0 Å². The Morgan fingerprint density at radius 3 is 2.67 bits per heavy atom. The Morgan fingerprint density at radius 2 is 1.95 bits per heavy atom. The van der Waals surface area contributed by atoms with Crippen LogP contribution in [-0.4, -0.2) is 51.0 Å². The van der Waals surface area contributed by atoms with Crippen LogP contribution in [0.5, 0.6) is 0 Å². The molecular formula is C15H21N3O3. The maximum atomic E-state index is 12.3. The minimum Gasteiger partial charge on any atom is -0.396 e. The van der Waals surface area contributed by atoms with Crippen LogP contribution in [0, 0.1) is 0 Å². The van der Waals surface area contributed by atoms with Gasteiger partial charge >= 0.3 is 0 Å². The van der Waals surface area contributed by atoms with Crippen molar-refractivity contribution in [2.24, 2.45) is 7.05 Å². The van der Waals surface area contributed by atoms with Crippen molar-refractivity contribution in [3.8, 4) is 0 Å². The molecule has 0 aliphatic rings. The summed E-state index contributed by atoms with van der Waals surface area (Å²) < 4.78 is 1.55. The lowest BCUT2D eigenvalue weighted by Crippen LogP contribution is -2.32. The van der Waals surface area contributed by atoms with Crippen LogP contribution in [0.4, 0.5) is 0 Å². The second kappa shape index (κ2) is 7.31. The van der Waals surface area contributed by atoms with Crippen LogP contribution in [0.25, 0.3) is 10.9 Å². The highest BCUT2D eigenvalue weighted by Gasteiger charge is 2.12. The molecule has 21 heavy (non-hydrogen) atoms. The molecule has 2 N–H and O–H groups in total. The number of rotatable bonds is 7. The van der Waals surface area contributed by atoms with Crippen molar-refractivity contribution < 1.29 is 10.2 Å². The van der Waals surface area contributed by atoms with Crippen molar-refractivity contribution in [2.75, 3.05) is 26.3 Å². The van der Waals surface area contributed by atoms with Gasteiger partial charge in [0.2, 0.25) is 0 Å². The van der Waals surface area contributed by atoms with Crippen LogP contribution in [0.1, 0.15) is 12.2 Å². The van der Waals surface area contributed by atoms with Crippen molar-refractivity contribution in [3.63, 3.8) is 0 Å². The molecule has 0 saturated heterocycles. The first-order valence-corrected chi connectivity index (χ1v) is 7.06. The average Bonchev–Trinajstić information content (AvgIpc) is 2.50. The van der Waals surface area contributed by atoms with Crippen molar-refractivity contribution in [2.45, 2.75) is 13.0 Å². The van der Waals surface area contributed by atoms with Gasteiger partial charge in [0.15, 0.2) is 0 Å². The fourth-order valence-corrected chi connectivity index (χ4v) is 2.31. The van der Waals surface area contributed by atoms with E-state index < -0.39 is 0 Å². The molecule has 0 aliphatic carbocycles. The summed E-state index contributed by atoms with van der Waals surface area (Å²) in [4.78, 5) is 18.8. The van der Waals surface area contributed by atoms with E-state index in [4.69, 9.17) is 10.2 Å². The molecule has 6 nitrogen and oxygen atoms in total. The molecular weight excluding hydrogens is 270 g/mol. The Kier molecular flexibility index (Phi) is 5.44. The zero-order chi connectivity index (χ0) is 15.2. The number of nitrogens with zero attached hydrogens (tertiary/aromatic N) is 3. The summed E-state index contributed by atoms with van der Waals surface area (Å²) in [6, 6.07) is 7.27. The molecule has 0 bridgehead atoms. The fraction of sp³-hybridized carbons (Fsp3) is 0.467. The molecule has 0 radical (unpaired) electrons. The zero-order valence-corrected chi connectivity index (χ0v) is 12.2. The summed E-state index contributed by atoms with van der Waals surface area (Å²) in [5.74, 6) is 0.657. The predicted molar refractivity (Wildman–Crippen MR) is 81.0 cm³/mol. The van der Waals surface area contributed by atoms with Crippen LogP contribution >= 0.6 is 0 Å². The van der Waals surface area contributed by atoms with E-state index in [2.05, 4.69) is 4.98 Å². The van der Waals surface area contributed by atoms with E-state index in [0.717, 1.165) is 0 Å². The van der Waals surface area contributed by atoms with E-state index in [1.54, 1.807) is 17.7 Å². The summed E-state index contributed by atoms with van der Waals surface area (Å²) >= 11 is 0. The first kappa shape index (κ1) is 15.6. The Bertz CT molecular complexity index is 654. The summed E-state index contributed by atoms with van der Waals surface area (Å²) in [5, 5.41) is 18.7. The largest absolute Gasteiger partial charge is 0.396 e. The third-order valence-corrected chi connectivity index (χ3v) is 3.49. The summed E-state index contributed by atoms with van der Waals surface area (Å²) in [6.07, 6.45) is 0.627. The fourth-order valence-electron chi connectivity index (χ4n) is 2.31. The lowest BCUT2D eigenvalue weighted by Gasteiger charge is -2.21. The van der Waals surface area contributed by atoms with Crippen molar-refractivity contribution in [1.82, 2.24) is 14.5 Å². The molecule has 6 heteroatoms. The molecule has 0 unspecified atom stereocenters. The van der Waals surface area contributed by atoms with Gasteiger partial charge < -0.3 is 10.2 Å². The van der Waals surface area contributed by atoms with Gasteiger partial charge in [-0.1, -0.05) is 12.1 Å². The Hall–Kier alpha value is -1.76. The van der Waals surface area contributed by atoms with Crippen molar-refractivity contribution in [3.05, 3.63) is 40.4 Å². The molecule has 1 aromatic carbocycles. The predicted octanol–water partition coefficient (Wildman–Crippen LogP) is 0.110. The maximum Gasteiger partial charge on any atom is 0.261 e. The second-order valence-corrected chi connectivity index (χ2v) is 4.99. The number of aromatic nitrogens is 2. The van der Waals surface area contributed by atoms with Gasteiger partial charge in [-0.05, 0) is 18.6 Å². The second-order valence-electron chi connectivity index (χ2n) is 4.99. The Balaban J connectivity index is 2.32. The maximum absolute atomic E-state index is 12.3. The van der Waals surface area contributed by atoms with Gasteiger partial charge in [-0.15, -0.1) is 0 Å². The van der Waals surface area contributed by atoms with Gasteiger partial charge in [0, 0.05) is 26.7 Å². The zero-order valence-electron chi connectivity index (χ0n) is 12.2. The van der Waals surface area contributed by atoms with Crippen molar-refractivity contribution in [1.29, 1.82) is 0 Å². The molecule has 1 aromatic heterocycles. The van der Waals surface area contributed by atoms with Gasteiger partial charge in [0.25, 0.3) is 5.56 Å². The Labute approximate surface area is 123 Å². The number of hydrogen-bond donors (Lipinski definition) is 2. The lowest BCUT2D eigenvalue weighted by molar-refractivity contribution is 0.170.